The van der Waals surface area contributed by atoms with Gasteiger partial charge in [-0.3, -0.25) is 4.68 Å². The summed E-state index contributed by atoms with van der Waals surface area (Å²) in [6, 6.07) is 2.30. The highest BCUT2D eigenvalue weighted by atomic mass is 32.2. The Kier molecular flexibility index (Phi) is 4.36. The van der Waals surface area contributed by atoms with E-state index in [1.165, 1.54) is 19.3 Å². The van der Waals surface area contributed by atoms with Crippen molar-refractivity contribution in [3.05, 3.63) is 18.0 Å². The van der Waals surface area contributed by atoms with Gasteiger partial charge in [0.05, 0.1) is 28.8 Å². The molecule has 0 spiro atoms. The first-order chi connectivity index (χ1) is 10.1. The largest absolute Gasteiger partial charge is 0.377 e. The lowest BCUT2D eigenvalue weighted by molar-refractivity contribution is 0.126. The maximum Gasteiger partial charge on any atom is 0.161 e. The summed E-state index contributed by atoms with van der Waals surface area (Å²) in [6.07, 6.45) is 8.45. The van der Waals surface area contributed by atoms with Gasteiger partial charge >= 0.3 is 0 Å². The summed E-state index contributed by atoms with van der Waals surface area (Å²) >= 11 is 0. The molecule has 5 nitrogen and oxygen atoms in total. The maximum absolute atomic E-state index is 12.5. The topological polar surface area (TPSA) is 61.2 Å². The van der Waals surface area contributed by atoms with E-state index in [1.54, 1.807) is 0 Å². The van der Waals surface area contributed by atoms with E-state index in [2.05, 4.69) is 5.10 Å². The van der Waals surface area contributed by atoms with Gasteiger partial charge in [-0.15, -0.1) is 0 Å². The number of hydrogen-bond acceptors (Lipinski definition) is 4. The van der Waals surface area contributed by atoms with Gasteiger partial charge in [0.25, 0.3) is 0 Å². The summed E-state index contributed by atoms with van der Waals surface area (Å²) in [6.45, 7) is 2.39. The van der Waals surface area contributed by atoms with Crippen LogP contribution < -0.4 is 0 Å². The van der Waals surface area contributed by atoms with Crippen molar-refractivity contribution in [2.75, 3.05) is 6.61 Å². The van der Waals surface area contributed by atoms with Crippen LogP contribution in [0, 0.1) is 0 Å². The average molecular weight is 312 g/mol. The second-order valence-corrected chi connectivity index (χ2v) is 8.51. The molecule has 2 unspecified atom stereocenters. The minimum Gasteiger partial charge on any atom is -0.377 e. The molecule has 0 N–H and O–H groups in total. The first-order valence-corrected chi connectivity index (χ1v) is 9.65. The Morgan fingerprint density at radius 2 is 2.05 bits per heavy atom. The Bertz CT molecular complexity index is 575. The van der Waals surface area contributed by atoms with Gasteiger partial charge in [0.1, 0.15) is 0 Å². The van der Waals surface area contributed by atoms with Crippen molar-refractivity contribution >= 4 is 9.84 Å². The summed E-state index contributed by atoms with van der Waals surface area (Å²) in [7, 11) is -3.18. The molecule has 1 aromatic rings. The van der Waals surface area contributed by atoms with Crippen molar-refractivity contribution in [1.82, 2.24) is 9.78 Å². The zero-order valence-electron chi connectivity index (χ0n) is 12.6. The van der Waals surface area contributed by atoms with Gasteiger partial charge in [-0.2, -0.15) is 5.10 Å². The molecule has 1 saturated carbocycles. The van der Waals surface area contributed by atoms with E-state index in [1.807, 2.05) is 23.9 Å². The molecule has 1 aromatic heterocycles. The first kappa shape index (κ1) is 15.0. The van der Waals surface area contributed by atoms with Crippen molar-refractivity contribution in [3.63, 3.8) is 0 Å². The average Bonchev–Trinajstić information content (AvgIpc) is 3.08. The smallest absolute Gasteiger partial charge is 0.161 e. The van der Waals surface area contributed by atoms with Crippen LogP contribution in [0.5, 0.6) is 0 Å². The zero-order chi connectivity index (χ0) is 14.9. The summed E-state index contributed by atoms with van der Waals surface area (Å²) in [5.74, 6) is 0.0328. The molecule has 2 fully saturated rings. The third kappa shape index (κ3) is 3.31. The number of aromatic nitrogens is 2. The summed E-state index contributed by atoms with van der Waals surface area (Å²) in [4.78, 5) is 0. The van der Waals surface area contributed by atoms with Gasteiger partial charge in [-0.05, 0) is 32.3 Å². The summed E-state index contributed by atoms with van der Waals surface area (Å²) in [5, 5.41) is 4.13. The Morgan fingerprint density at radius 1 is 1.29 bits per heavy atom. The van der Waals surface area contributed by atoms with Crippen LogP contribution in [0.15, 0.2) is 12.3 Å². The van der Waals surface area contributed by atoms with Crippen molar-refractivity contribution < 1.29 is 13.2 Å². The molecule has 6 heteroatoms. The van der Waals surface area contributed by atoms with Crippen LogP contribution in [0.1, 0.15) is 57.2 Å². The molecule has 0 amide bonds. The fourth-order valence-electron chi connectivity index (χ4n) is 3.50. The molecule has 2 heterocycles. The van der Waals surface area contributed by atoms with E-state index in [-0.39, 0.29) is 17.1 Å². The lowest BCUT2D eigenvalue weighted by atomic mass is 9.96. The minimum atomic E-state index is -3.18. The molecular formula is C15H24N2O3S. The highest BCUT2D eigenvalue weighted by Gasteiger charge is 2.36. The molecule has 1 saturated heterocycles. The van der Waals surface area contributed by atoms with E-state index >= 15 is 0 Å². The standard InChI is InChI=1S/C15H24N2O3S/c1-12-15(8-10-20-12)21(18,19)11-13-7-9-17(16-13)14-5-3-2-4-6-14/h7,9,12,14-15H,2-6,8,10-11H2,1H3. The second-order valence-electron chi connectivity index (χ2n) is 6.29. The molecule has 2 aliphatic rings. The van der Waals surface area contributed by atoms with Crippen LogP contribution >= 0.6 is 0 Å². The van der Waals surface area contributed by atoms with E-state index in [9.17, 15) is 8.42 Å². The van der Waals surface area contributed by atoms with Gasteiger partial charge in [-0.25, -0.2) is 8.42 Å². The molecule has 3 rings (SSSR count). The Hall–Kier alpha value is -0.880. The van der Waals surface area contributed by atoms with Crippen molar-refractivity contribution in [3.8, 4) is 0 Å². The van der Waals surface area contributed by atoms with Crippen molar-refractivity contribution in [2.45, 2.75) is 68.6 Å². The van der Waals surface area contributed by atoms with Crippen LogP contribution in [0.2, 0.25) is 0 Å². The Morgan fingerprint density at radius 3 is 2.71 bits per heavy atom. The van der Waals surface area contributed by atoms with Crippen molar-refractivity contribution in [2.24, 2.45) is 0 Å². The summed E-state index contributed by atoms with van der Waals surface area (Å²) < 4.78 is 32.3. The number of sulfone groups is 1. The fraction of sp³-hybridized carbons (Fsp3) is 0.800. The third-order valence-electron chi connectivity index (χ3n) is 4.73. The van der Waals surface area contributed by atoms with Crippen LogP contribution in [-0.2, 0) is 20.3 Å². The lowest BCUT2D eigenvalue weighted by Gasteiger charge is -2.21. The van der Waals surface area contributed by atoms with Gasteiger partial charge in [0, 0.05) is 12.8 Å². The summed E-state index contributed by atoms with van der Waals surface area (Å²) in [5.41, 5.74) is 0.666. The molecular weight excluding hydrogens is 288 g/mol. The SMILES string of the molecule is CC1OCCC1S(=O)(=O)Cc1ccn(C2CCCCC2)n1. The van der Waals surface area contributed by atoms with Crippen LogP contribution in [0.25, 0.3) is 0 Å². The van der Waals surface area contributed by atoms with Crippen LogP contribution in [0.4, 0.5) is 0 Å². The molecule has 0 bridgehead atoms. The van der Waals surface area contributed by atoms with Crippen LogP contribution in [0.3, 0.4) is 0 Å². The minimum absolute atomic E-state index is 0.0328. The predicted octanol–water partition coefficient (Wildman–Crippen LogP) is 2.48. The van der Waals surface area contributed by atoms with E-state index in [0.717, 1.165) is 12.8 Å². The zero-order valence-corrected chi connectivity index (χ0v) is 13.4. The molecule has 2 atom stereocenters. The highest BCUT2D eigenvalue weighted by Crippen LogP contribution is 2.28. The number of ether oxygens (including phenoxy) is 1. The van der Waals surface area contributed by atoms with Gasteiger partial charge in [0.2, 0.25) is 0 Å². The number of nitrogens with zero attached hydrogens (tertiary/aromatic N) is 2. The third-order valence-corrected chi connectivity index (χ3v) is 6.97. The molecule has 118 valence electrons. The molecule has 21 heavy (non-hydrogen) atoms. The number of rotatable bonds is 4. The molecule has 0 aromatic carbocycles. The van der Waals surface area contributed by atoms with E-state index in [4.69, 9.17) is 4.74 Å². The normalized spacial score (nSPS) is 28.0. The maximum atomic E-state index is 12.5. The Labute approximate surface area is 126 Å². The molecule has 0 radical (unpaired) electrons. The monoisotopic (exact) mass is 312 g/mol. The fourth-order valence-corrected chi connectivity index (χ4v) is 5.40. The van der Waals surface area contributed by atoms with Gasteiger partial charge < -0.3 is 4.74 Å². The van der Waals surface area contributed by atoms with Crippen LogP contribution in [-0.4, -0.2) is 36.2 Å². The lowest BCUT2D eigenvalue weighted by Crippen LogP contribution is -2.29. The number of hydrogen-bond donors (Lipinski definition) is 0. The van der Waals surface area contributed by atoms with E-state index in [0.29, 0.717) is 24.8 Å². The van der Waals surface area contributed by atoms with Crippen molar-refractivity contribution in [1.29, 1.82) is 0 Å². The molecule has 1 aliphatic carbocycles. The predicted molar refractivity (Wildman–Crippen MR) is 80.8 cm³/mol. The van der Waals surface area contributed by atoms with Gasteiger partial charge in [-0.1, -0.05) is 19.3 Å². The Balaban J connectivity index is 1.69. The van der Waals surface area contributed by atoms with Gasteiger partial charge in [0.15, 0.2) is 9.84 Å². The first-order valence-electron chi connectivity index (χ1n) is 7.93. The highest BCUT2D eigenvalue weighted by molar-refractivity contribution is 7.91. The quantitative estimate of drug-likeness (QED) is 0.857. The van der Waals surface area contributed by atoms with E-state index < -0.39 is 9.84 Å². The second kappa shape index (κ2) is 6.08. The molecule has 1 aliphatic heterocycles.